The normalized spacial score (nSPS) is 7.60. The van der Waals surface area contributed by atoms with Gasteiger partial charge in [0.15, 0.2) is 0 Å². The summed E-state index contributed by atoms with van der Waals surface area (Å²) in [5, 5.41) is 15.6. The van der Waals surface area contributed by atoms with Crippen molar-refractivity contribution >= 4 is 20.4 Å². The Kier molecular flexibility index (Phi) is 13.3. The molecule has 0 amide bonds. The van der Waals surface area contributed by atoms with Crippen LogP contribution in [0.2, 0.25) is 0 Å². The predicted octanol–water partition coefficient (Wildman–Crippen LogP) is -1.47. The molecule has 0 atom stereocenters. The van der Waals surface area contributed by atoms with Crippen LogP contribution in [0.5, 0.6) is 0 Å². The Labute approximate surface area is 70.0 Å². The first kappa shape index (κ1) is 16.1. The summed E-state index contributed by atoms with van der Waals surface area (Å²) in [5.74, 6) is -2.51. The zero-order chi connectivity index (χ0) is 6.57. The molecule has 0 saturated heterocycles. The third kappa shape index (κ3) is 15.7. The molecule has 0 unspecified atom stereocenters. The van der Waals surface area contributed by atoms with Crippen molar-refractivity contribution in [3.05, 3.63) is 12.2 Å². The Morgan fingerprint density at radius 3 is 1.30 bits per heavy atom. The second-order valence-electron chi connectivity index (χ2n) is 1.01. The molecule has 0 aromatic carbocycles. The monoisotopic (exact) mass is 186 g/mol. The van der Waals surface area contributed by atoms with E-state index in [0.29, 0.717) is 12.2 Å². The maximum atomic E-state index is 9.55. The van der Waals surface area contributed by atoms with E-state index in [1.807, 2.05) is 0 Å². The number of hydrogen-bond acceptors (Lipinski definition) is 2. The molecule has 0 fully saturated rings. The smallest absolute Gasteiger partial charge is 0.328 e. The van der Waals surface area contributed by atoms with Gasteiger partial charge in [-0.1, -0.05) is 0 Å². The molecule has 0 saturated carbocycles. The van der Waals surface area contributed by atoms with Gasteiger partial charge in [0.1, 0.15) is 0 Å². The number of carbonyl (C=O) groups is 2. The quantitative estimate of drug-likeness (QED) is 0.407. The molecule has 0 bridgehead atoms. The second kappa shape index (κ2) is 8.26. The molecule has 0 aliphatic carbocycles. The molecule has 0 heterocycles. The Bertz CT molecular complexity index is 128. The minimum absolute atomic E-state index is 0. The first-order valence-corrected chi connectivity index (χ1v) is 1.77. The molecule has 0 radical (unpaired) electrons. The zero-order valence-corrected chi connectivity index (χ0v) is 5.32. The van der Waals surface area contributed by atoms with Crippen LogP contribution in [0.15, 0.2) is 12.2 Å². The summed E-state index contributed by atoms with van der Waals surface area (Å²) in [6.07, 6.45) is 1.12. The Hall–Kier alpha value is -0.736. The van der Waals surface area contributed by atoms with Gasteiger partial charge in [0.05, 0.1) is 8.41 Å². The molecule has 0 rings (SSSR count). The predicted molar refractivity (Wildman–Crippen MR) is 34.4 cm³/mol. The molecule has 0 aromatic rings. The summed E-state index contributed by atoms with van der Waals surface area (Å²) in [7, 11) is 0. The Balaban J connectivity index is -0.000000245. The summed E-state index contributed by atoms with van der Waals surface area (Å²) in [4.78, 5) is 19.1. The van der Waals surface area contributed by atoms with E-state index in [1.165, 1.54) is 0 Å². The van der Waals surface area contributed by atoms with Crippen LogP contribution < -0.4 is 0 Å². The number of carboxylic acids is 2. The second-order valence-corrected chi connectivity index (χ2v) is 1.01. The minimum Gasteiger partial charge on any atom is -0.478 e. The van der Waals surface area contributed by atoms with Gasteiger partial charge >= 0.3 is 11.9 Å². The number of aliphatic carboxylic acids is 2. The van der Waals surface area contributed by atoms with Gasteiger partial charge in [-0.25, -0.2) is 9.59 Å². The summed E-state index contributed by atoms with van der Waals surface area (Å²) < 4.78 is 0. The van der Waals surface area contributed by atoms with Crippen LogP contribution >= 0.6 is 0 Å². The average Bonchev–Trinajstić information content (AvgIpc) is 1.61. The van der Waals surface area contributed by atoms with E-state index >= 15 is 0 Å². The maximum Gasteiger partial charge on any atom is 0.328 e. The van der Waals surface area contributed by atoms with Gasteiger partial charge in [-0.05, 0) is 0 Å². The van der Waals surface area contributed by atoms with Gasteiger partial charge in [0.25, 0.3) is 0 Å². The minimum atomic E-state index is -1.26. The van der Waals surface area contributed by atoms with Crippen LogP contribution in [0.25, 0.3) is 0 Å². The van der Waals surface area contributed by atoms with E-state index in [-0.39, 0.29) is 25.5 Å². The third-order valence-electron chi connectivity index (χ3n) is 0.368. The zero-order valence-electron chi connectivity index (χ0n) is 4.22. The Morgan fingerprint density at radius 1 is 1.00 bits per heavy atom. The van der Waals surface area contributed by atoms with Gasteiger partial charge in [-0.2, -0.15) is 0 Å². The molecule has 10 heavy (non-hydrogen) atoms. The summed E-state index contributed by atoms with van der Waals surface area (Å²) in [6.45, 7) is 0. The van der Waals surface area contributed by atoms with Crippen molar-refractivity contribution in [3.63, 3.8) is 0 Å². The van der Waals surface area contributed by atoms with E-state index in [1.54, 1.807) is 0 Å². The van der Waals surface area contributed by atoms with Crippen molar-refractivity contribution in [2.24, 2.45) is 0 Å². The fourth-order valence-corrected chi connectivity index (χ4v) is 0.143. The molecule has 0 aliphatic heterocycles. The molecule has 6 heteroatoms. The SMILES string of the molecule is B.O=C(O)/C=C/C(=O)O.[Fe]. The van der Waals surface area contributed by atoms with E-state index in [9.17, 15) is 9.59 Å². The van der Waals surface area contributed by atoms with Crippen molar-refractivity contribution in [3.8, 4) is 0 Å². The maximum absolute atomic E-state index is 9.55. The van der Waals surface area contributed by atoms with Crippen LogP contribution in [0.3, 0.4) is 0 Å². The molecular formula is C4H7BFeO4. The largest absolute Gasteiger partial charge is 0.478 e. The van der Waals surface area contributed by atoms with E-state index in [0.717, 1.165) is 0 Å². The Morgan fingerprint density at radius 2 is 1.20 bits per heavy atom. The van der Waals surface area contributed by atoms with Crippen molar-refractivity contribution < 1.29 is 36.9 Å². The van der Waals surface area contributed by atoms with E-state index in [4.69, 9.17) is 10.2 Å². The van der Waals surface area contributed by atoms with E-state index < -0.39 is 11.9 Å². The molecular weight excluding hydrogens is 179 g/mol. The average molecular weight is 186 g/mol. The van der Waals surface area contributed by atoms with Crippen molar-refractivity contribution in [1.29, 1.82) is 0 Å². The summed E-state index contributed by atoms with van der Waals surface area (Å²) in [6, 6.07) is 0. The van der Waals surface area contributed by atoms with Crippen molar-refractivity contribution in [2.45, 2.75) is 0 Å². The van der Waals surface area contributed by atoms with Crippen molar-refractivity contribution in [2.75, 3.05) is 0 Å². The molecule has 4 nitrogen and oxygen atoms in total. The van der Waals surface area contributed by atoms with Crippen molar-refractivity contribution in [1.82, 2.24) is 0 Å². The summed E-state index contributed by atoms with van der Waals surface area (Å²) >= 11 is 0. The van der Waals surface area contributed by atoms with Crippen LogP contribution in [0.1, 0.15) is 0 Å². The van der Waals surface area contributed by atoms with Gasteiger partial charge < -0.3 is 10.2 Å². The van der Waals surface area contributed by atoms with Crippen LogP contribution in [-0.4, -0.2) is 30.6 Å². The van der Waals surface area contributed by atoms with Gasteiger partial charge in [-0.15, -0.1) is 0 Å². The van der Waals surface area contributed by atoms with Crippen LogP contribution in [0, 0.1) is 0 Å². The fourth-order valence-electron chi connectivity index (χ4n) is 0.143. The number of rotatable bonds is 2. The van der Waals surface area contributed by atoms with Crippen LogP contribution in [0.4, 0.5) is 0 Å². The molecule has 0 spiro atoms. The van der Waals surface area contributed by atoms with Gasteiger partial charge in [0.2, 0.25) is 0 Å². The third-order valence-corrected chi connectivity index (χ3v) is 0.368. The first-order valence-electron chi connectivity index (χ1n) is 1.77. The summed E-state index contributed by atoms with van der Waals surface area (Å²) in [5.41, 5.74) is 0. The standard InChI is InChI=1S/C4H4O4.BH3.Fe/c5-3(6)1-2-4(7)8;;/h1-2H,(H,5,6)(H,7,8);1H3;/b2-1+;;. The van der Waals surface area contributed by atoms with Crippen LogP contribution in [-0.2, 0) is 26.7 Å². The van der Waals surface area contributed by atoms with E-state index in [2.05, 4.69) is 0 Å². The molecule has 58 valence electrons. The topological polar surface area (TPSA) is 74.6 Å². The van der Waals surface area contributed by atoms with Gasteiger partial charge in [0, 0.05) is 29.2 Å². The molecule has 2 N–H and O–H groups in total. The number of hydrogen-bond donors (Lipinski definition) is 2. The first-order chi connectivity index (χ1) is 3.63. The number of carboxylic acid groups (broad SMARTS) is 2. The molecule has 0 aromatic heterocycles. The fraction of sp³-hybridized carbons (Fsp3) is 0. The van der Waals surface area contributed by atoms with Gasteiger partial charge in [-0.3, -0.25) is 0 Å². The molecule has 0 aliphatic rings.